The van der Waals surface area contributed by atoms with Gasteiger partial charge in [0.05, 0.1) is 16.1 Å². The molecule has 3 rings (SSSR count). The number of halogens is 2. The number of carbonyl (C=O) groups excluding carboxylic acids is 1. The second-order valence-corrected chi connectivity index (χ2v) is 6.46. The van der Waals surface area contributed by atoms with E-state index in [2.05, 4.69) is 5.32 Å². The summed E-state index contributed by atoms with van der Waals surface area (Å²) in [6, 6.07) is 5.85. The molecule has 3 nitrogen and oxygen atoms in total. The molecule has 1 N–H and O–H groups in total. The molecule has 5 heteroatoms. The molecule has 0 aromatic heterocycles. The summed E-state index contributed by atoms with van der Waals surface area (Å²) in [5, 5.41) is 4.33. The highest BCUT2D eigenvalue weighted by atomic mass is 35.5. The first kappa shape index (κ1) is 14.2. The molecule has 1 aromatic carbocycles. The molecule has 0 spiro atoms. The Morgan fingerprint density at radius 2 is 2.10 bits per heavy atom. The van der Waals surface area contributed by atoms with Crippen molar-refractivity contribution in [1.82, 2.24) is 10.2 Å². The van der Waals surface area contributed by atoms with Crippen LogP contribution < -0.4 is 5.32 Å². The molecule has 2 aliphatic rings. The summed E-state index contributed by atoms with van der Waals surface area (Å²) in [7, 11) is 0. The maximum atomic E-state index is 12.4. The Hall–Kier alpha value is -0.770. The molecule has 0 bridgehead atoms. The van der Waals surface area contributed by atoms with Crippen LogP contribution in [0.4, 0.5) is 0 Å². The summed E-state index contributed by atoms with van der Waals surface area (Å²) in [6.45, 7) is 2.79. The minimum atomic E-state index is 0.158. The van der Waals surface area contributed by atoms with E-state index >= 15 is 0 Å². The molecule has 2 heterocycles. The van der Waals surface area contributed by atoms with Crippen LogP contribution in [0.2, 0.25) is 10.0 Å². The van der Waals surface area contributed by atoms with Crippen LogP contribution in [0, 0.1) is 5.92 Å². The summed E-state index contributed by atoms with van der Waals surface area (Å²) in [4.78, 5) is 14.4. The average Bonchev–Trinajstić information content (AvgIpc) is 2.86. The molecule has 2 saturated heterocycles. The molecule has 108 valence electrons. The van der Waals surface area contributed by atoms with E-state index in [-0.39, 0.29) is 11.9 Å². The van der Waals surface area contributed by atoms with Gasteiger partial charge in [0.15, 0.2) is 0 Å². The third kappa shape index (κ3) is 2.80. The van der Waals surface area contributed by atoms with Gasteiger partial charge in [-0.05, 0) is 49.5 Å². The highest BCUT2D eigenvalue weighted by Gasteiger charge is 2.32. The lowest BCUT2D eigenvalue weighted by atomic mass is 9.98. The van der Waals surface area contributed by atoms with Crippen LogP contribution >= 0.6 is 23.2 Å². The van der Waals surface area contributed by atoms with Crippen molar-refractivity contribution < 1.29 is 4.79 Å². The minimum absolute atomic E-state index is 0.158. The SMILES string of the molecule is O=C(CC1CNC1)N1CCCC1c1ccc(Cl)c(Cl)c1. The maximum Gasteiger partial charge on any atom is 0.223 e. The van der Waals surface area contributed by atoms with Gasteiger partial charge >= 0.3 is 0 Å². The van der Waals surface area contributed by atoms with Crippen LogP contribution in [0.25, 0.3) is 0 Å². The highest BCUT2D eigenvalue weighted by molar-refractivity contribution is 6.42. The van der Waals surface area contributed by atoms with Crippen LogP contribution in [0.5, 0.6) is 0 Å². The zero-order chi connectivity index (χ0) is 14.1. The first-order valence-electron chi connectivity index (χ1n) is 7.10. The number of amides is 1. The number of hydrogen-bond acceptors (Lipinski definition) is 2. The van der Waals surface area contributed by atoms with Gasteiger partial charge < -0.3 is 10.2 Å². The molecule has 20 heavy (non-hydrogen) atoms. The molecule has 1 aromatic rings. The molecule has 2 aliphatic heterocycles. The van der Waals surface area contributed by atoms with E-state index in [9.17, 15) is 4.79 Å². The van der Waals surface area contributed by atoms with Crippen molar-refractivity contribution in [2.24, 2.45) is 5.92 Å². The van der Waals surface area contributed by atoms with Crippen LogP contribution in [0.1, 0.15) is 30.9 Å². The van der Waals surface area contributed by atoms with Crippen molar-refractivity contribution in [3.05, 3.63) is 33.8 Å². The van der Waals surface area contributed by atoms with Gasteiger partial charge in [-0.2, -0.15) is 0 Å². The molecule has 1 atom stereocenters. The van der Waals surface area contributed by atoms with Gasteiger partial charge in [0.1, 0.15) is 0 Å². The number of carbonyl (C=O) groups is 1. The molecular formula is C15H18Cl2N2O. The Balaban J connectivity index is 1.73. The quantitative estimate of drug-likeness (QED) is 0.929. The van der Waals surface area contributed by atoms with Crippen LogP contribution in [0.15, 0.2) is 18.2 Å². The van der Waals surface area contributed by atoms with Gasteiger partial charge in [-0.25, -0.2) is 0 Å². The lowest BCUT2D eigenvalue weighted by molar-refractivity contribution is -0.133. The zero-order valence-electron chi connectivity index (χ0n) is 11.2. The number of nitrogens with one attached hydrogen (secondary N) is 1. The molecule has 2 fully saturated rings. The van der Waals surface area contributed by atoms with Gasteiger partial charge in [0.2, 0.25) is 5.91 Å². The molecule has 0 aliphatic carbocycles. The molecular weight excluding hydrogens is 295 g/mol. The number of nitrogens with zero attached hydrogens (tertiary/aromatic N) is 1. The van der Waals surface area contributed by atoms with Crippen LogP contribution in [-0.2, 0) is 4.79 Å². The van der Waals surface area contributed by atoms with Crippen molar-refractivity contribution in [2.75, 3.05) is 19.6 Å². The molecule has 0 saturated carbocycles. The number of hydrogen-bond donors (Lipinski definition) is 1. The van der Waals surface area contributed by atoms with Crippen LogP contribution in [0.3, 0.4) is 0 Å². The summed E-state index contributed by atoms with van der Waals surface area (Å²) in [5.41, 5.74) is 1.09. The topological polar surface area (TPSA) is 32.3 Å². The van der Waals surface area contributed by atoms with E-state index in [1.54, 1.807) is 0 Å². The van der Waals surface area contributed by atoms with Gasteiger partial charge in [0.25, 0.3) is 0 Å². The van der Waals surface area contributed by atoms with Crippen molar-refractivity contribution in [2.45, 2.75) is 25.3 Å². The first-order valence-corrected chi connectivity index (χ1v) is 7.86. The fourth-order valence-electron chi connectivity index (χ4n) is 2.99. The monoisotopic (exact) mass is 312 g/mol. The lowest BCUT2D eigenvalue weighted by Gasteiger charge is -2.31. The zero-order valence-corrected chi connectivity index (χ0v) is 12.8. The number of likely N-dealkylation sites (tertiary alicyclic amines) is 1. The number of rotatable bonds is 3. The fraction of sp³-hybridized carbons (Fsp3) is 0.533. The molecule has 1 amide bonds. The Labute approximate surface area is 129 Å². The Morgan fingerprint density at radius 1 is 1.30 bits per heavy atom. The summed E-state index contributed by atoms with van der Waals surface area (Å²) in [5.74, 6) is 0.780. The third-order valence-electron chi connectivity index (χ3n) is 4.23. The summed E-state index contributed by atoms with van der Waals surface area (Å²) >= 11 is 12.1. The summed E-state index contributed by atoms with van der Waals surface area (Å²) < 4.78 is 0. The van der Waals surface area contributed by atoms with Crippen LogP contribution in [-0.4, -0.2) is 30.4 Å². The van der Waals surface area contributed by atoms with Gasteiger partial charge in [-0.1, -0.05) is 29.3 Å². The van der Waals surface area contributed by atoms with E-state index in [4.69, 9.17) is 23.2 Å². The molecule has 0 radical (unpaired) electrons. The van der Waals surface area contributed by atoms with Crippen molar-refractivity contribution >= 4 is 29.1 Å². The summed E-state index contributed by atoms with van der Waals surface area (Å²) in [6.07, 6.45) is 2.72. The second kappa shape index (κ2) is 5.92. The minimum Gasteiger partial charge on any atom is -0.336 e. The standard InChI is InChI=1S/C15H18Cl2N2O/c16-12-4-3-11(7-13(12)17)14-2-1-5-19(14)15(20)6-10-8-18-9-10/h3-4,7,10,14,18H,1-2,5-6,8-9H2. The second-order valence-electron chi connectivity index (χ2n) is 5.65. The van der Waals surface area contributed by atoms with Crippen molar-refractivity contribution in [3.63, 3.8) is 0 Å². The van der Waals surface area contributed by atoms with E-state index in [1.807, 2.05) is 23.1 Å². The van der Waals surface area contributed by atoms with Crippen molar-refractivity contribution in [3.8, 4) is 0 Å². The van der Waals surface area contributed by atoms with Crippen molar-refractivity contribution in [1.29, 1.82) is 0 Å². The maximum absolute atomic E-state index is 12.4. The van der Waals surface area contributed by atoms with E-state index in [1.165, 1.54) is 0 Å². The van der Waals surface area contributed by atoms with E-state index in [0.29, 0.717) is 22.4 Å². The average molecular weight is 313 g/mol. The van der Waals surface area contributed by atoms with E-state index < -0.39 is 0 Å². The predicted octanol–water partition coefficient (Wildman–Crippen LogP) is 3.27. The van der Waals surface area contributed by atoms with Gasteiger partial charge in [-0.15, -0.1) is 0 Å². The fourth-order valence-corrected chi connectivity index (χ4v) is 3.29. The largest absolute Gasteiger partial charge is 0.336 e. The smallest absolute Gasteiger partial charge is 0.223 e. The lowest BCUT2D eigenvalue weighted by Crippen LogP contribution is -2.45. The highest BCUT2D eigenvalue weighted by Crippen LogP contribution is 2.35. The third-order valence-corrected chi connectivity index (χ3v) is 4.97. The normalized spacial score (nSPS) is 22.9. The Kier molecular flexibility index (Phi) is 4.20. The molecule has 1 unspecified atom stereocenters. The number of benzene rings is 1. The van der Waals surface area contributed by atoms with Gasteiger partial charge in [-0.3, -0.25) is 4.79 Å². The Bertz CT molecular complexity index is 517. The van der Waals surface area contributed by atoms with Gasteiger partial charge in [0, 0.05) is 13.0 Å². The predicted molar refractivity (Wildman–Crippen MR) is 81.1 cm³/mol. The first-order chi connectivity index (χ1) is 9.65. The van der Waals surface area contributed by atoms with E-state index in [0.717, 1.165) is 38.0 Å². The Morgan fingerprint density at radius 3 is 2.75 bits per heavy atom.